The Bertz CT molecular complexity index is 765. The Kier molecular flexibility index (Phi) is 10.7. The molecule has 0 bridgehead atoms. The van der Waals surface area contributed by atoms with Gasteiger partial charge in [-0.3, -0.25) is 4.99 Å². The minimum Gasteiger partial charge on any atom is -0.496 e. The highest BCUT2D eigenvalue weighted by atomic mass is 127. The average Bonchev–Trinajstić information content (AvgIpc) is 2.70. The van der Waals surface area contributed by atoms with Crippen LogP contribution in [0.2, 0.25) is 0 Å². The quantitative estimate of drug-likeness (QED) is 0.327. The number of guanidine groups is 1. The monoisotopic (exact) mass is 497 g/mol. The third kappa shape index (κ3) is 6.89. The van der Waals surface area contributed by atoms with Crippen LogP contribution in [-0.2, 0) is 6.42 Å². The van der Waals surface area contributed by atoms with Gasteiger partial charge in [-0.15, -0.1) is 24.0 Å². The van der Waals surface area contributed by atoms with Crippen molar-refractivity contribution in [1.29, 1.82) is 0 Å². The van der Waals surface area contributed by atoms with E-state index in [0.29, 0.717) is 5.92 Å². The number of hydrogen-bond donors (Lipinski definition) is 2. The molecule has 0 amide bonds. The van der Waals surface area contributed by atoms with E-state index in [4.69, 9.17) is 9.47 Å². The van der Waals surface area contributed by atoms with Crippen molar-refractivity contribution < 1.29 is 9.47 Å². The molecule has 2 rings (SSSR count). The van der Waals surface area contributed by atoms with Crippen LogP contribution >= 0.6 is 24.0 Å². The van der Waals surface area contributed by atoms with E-state index in [-0.39, 0.29) is 24.0 Å². The van der Waals surface area contributed by atoms with Gasteiger partial charge in [0, 0.05) is 26.1 Å². The lowest BCUT2D eigenvalue weighted by Crippen LogP contribution is -2.40. The molecule has 0 saturated heterocycles. The maximum Gasteiger partial charge on any atom is 0.191 e. The van der Waals surface area contributed by atoms with Gasteiger partial charge in [0.15, 0.2) is 5.96 Å². The van der Waals surface area contributed by atoms with Crippen molar-refractivity contribution in [2.75, 3.05) is 34.4 Å². The molecule has 2 aromatic rings. The predicted molar refractivity (Wildman–Crippen MR) is 128 cm³/mol. The van der Waals surface area contributed by atoms with E-state index < -0.39 is 0 Å². The molecule has 0 fully saturated rings. The predicted octanol–water partition coefficient (Wildman–Crippen LogP) is 4.14. The molecule has 5 nitrogen and oxygen atoms in total. The van der Waals surface area contributed by atoms with Crippen LogP contribution in [0.5, 0.6) is 11.5 Å². The third-order valence-corrected chi connectivity index (χ3v) is 4.59. The number of aryl methyl sites for hydroxylation is 1. The Hall–Kier alpha value is -1.96. The normalized spacial score (nSPS) is 12.0. The van der Waals surface area contributed by atoms with Crippen LogP contribution in [0.4, 0.5) is 0 Å². The van der Waals surface area contributed by atoms with Gasteiger partial charge in [-0.25, -0.2) is 0 Å². The number of ether oxygens (including phenoxy) is 2. The fourth-order valence-corrected chi connectivity index (χ4v) is 3.07. The first kappa shape index (κ1) is 24.1. The summed E-state index contributed by atoms with van der Waals surface area (Å²) in [7, 11) is 5.21. The molecule has 6 heteroatoms. The van der Waals surface area contributed by atoms with Crippen molar-refractivity contribution in [3.63, 3.8) is 0 Å². The minimum absolute atomic E-state index is 0. The molecule has 1 unspecified atom stereocenters. The van der Waals surface area contributed by atoms with Crippen molar-refractivity contribution >= 4 is 29.9 Å². The summed E-state index contributed by atoms with van der Waals surface area (Å²) in [4.78, 5) is 4.32. The molecule has 2 aromatic carbocycles. The van der Waals surface area contributed by atoms with E-state index in [9.17, 15) is 0 Å². The molecule has 0 radical (unpaired) electrons. The largest absolute Gasteiger partial charge is 0.496 e. The summed E-state index contributed by atoms with van der Waals surface area (Å²) in [6, 6.07) is 14.4. The maximum atomic E-state index is 5.46. The van der Waals surface area contributed by atoms with Crippen LogP contribution < -0.4 is 20.1 Å². The highest BCUT2D eigenvalue weighted by Gasteiger charge is 2.11. The second-order valence-electron chi connectivity index (χ2n) is 6.59. The second kappa shape index (κ2) is 12.5. The van der Waals surface area contributed by atoms with E-state index in [0.717, 1.165) is 37.0 Å². The Morgan fingerprint density at radius 1 is 1.04 bits per heavy atom. The molecule has 154 valence electrons. The zero-order chi connectivity index (χ0) is 19.6. The van der Waals surface area contributed by atoms with E-state index in [2.05, 4.69) is 47.7 Å². The number of nitrogens with one attached hydrogen (secondary N) is 2. The molecule has 0 aromatic heterocycles. The highest BCUT2D eigenvalue weighted by Crippen LogP contribution is 2.25. The number of rotatable bonds is 8. The topological polar surface area (TPSA) is 54.9 Å². The molecule has 0 heterocycles. The molecule has 0 aliphatic carbocycles. The van der Waals surface area contributed by atoms with Crippen LogP contribution in [0.25, 0.3) is 0 Å². The first-order valence-corrected chi connectivity index (χ1v) is 9.30. The number of methoxy groups -OCH3 is 2. The Morgan fingerprint density at radius 3 is 2.43 bits per heavy atom. The number of nitrogens with zero attached hydrogens (tertiary/aromatic N) is 1. The van der Waals surface area contributed by atoms with Gasteiger partial charge in [0.25, 0.3) is 0 Å². The Morgan fingerprint density at radius 2 is 1.75 bits per heavy atom. The lowest BCUT2D eigenvalue weighted by Gasteiger charge is -2.18. The Labute approximate surface area is 186 Å². The van der Waals surface area contributed by atoms with E-state index in [1.807, 2.05) is 24.3 Å². The van der Waals surface area contributed by atoms with Crippen molar-refractivity contribution in [3.8, 4) is 11.5 Å². The zero-order valence-electron chi connectivity index (χ0n) is 17.4. The first-order valence-electron chi connectivity index (χ1n) is 9.30. The van der Waals surface area contributed by atoms with Crippen molar-refractivity contribution in [1.82, 2.24) is 10.6 Å². The summed E-state index contributed by atoms with van der Waals surface area (Å²) < 4.78 is 10.9. The summed E-state index contributed by atoms with van der Waals surface area (Å²) in [5.41, 5.74) is 3.62. The van der Waals surface area contributed by atoms with Gasteiger partial charge in [0.2, 0.25) is 0 Å². The maximum absolute atomic E-state index is 5.46. The number of para-hydroxylation sites is 1. The lowest BCUT2D eigenvalue weighted by molar-refractivity contribution is 0.406. The summed E-state index contributed by atoms with van der Waals surface area (Å²) in [5, 5.41) is 6.77. The molecule has 0 spiro atoms. The molecule has 0 aliphatic rings. The van der Waals surface area contributed by atoms with E-state index in [1.54, 1.807) is 21.3 Å². The van der Waals surface area contributed by atoms with Crippen molar-refractivity contribution in [2.45, 2.75) is 26.2 Å². The van der Waals surface area contributed by atoms with Crippen molar-refractivity contribution in [3.05, 3.63) is 59.2 Å². The Balaban J connectivity index is 0.00000392. The summed E-state index contributed by atoms with van der Waals surface area (Å²) in [6.45, 7) is 5.82. The molecule has 2 N–H and O–H groups in total. The number of hydrogen-bond acceptors (Lipinski definition) is 3. The molecule has 28 heavy (non-hydrogen) atoms. The van der Waals surface area contributed by atoms with Gasteiger partial charge in [-0.05, 0) is 36.6 Å². The minimum atomic E-state index is 0. The average molecular weight is 497 g/mol. The van der Waals surface area contributed by atoms with Crippen LogP contribution in [0.15, 0.2) is 47.5 Å². The smallest absolute Gasteiger partial charge is 0.191 e. The SMILES string of the molecule is CN=C(NCCc1cc(C)ccc1OC)NCC(C)c1ccccc1OC.I. The van der Waals surface area contributed by atoms with Gasteiger partial charge in [-0.1, -0.05) is 42.8 Å². The van der Waals surface area contributed by atoms with Crippen LogP contribution in [0, 0.1) is 6.92 Å². The molecule has 0 aliphatic heterocycles. The summed E-state index contributed by atoms with van der Waals surface area (Å²) >= 11 is 0. The molecule has 1 atom stereocenters. The summed E-state index contributed by atoms with van der Waals surface area (Å²) in [6.07, 6.45) is 0.869. The van der Waals surface area contributed by atoms with Crippen molar-refractivity contribution in [2.24, 2.45) is 4.99 Å². The summed E-state index contributed by atoms with van der Waals surface area (Å²) in [5.74, 6) is 2.94. The van der Waals surface area contributed by atoms with Crippen LogP contribution in [-0.4, -0.2) is 40.3 Å². The van der Waals surface area contributed by atoms with E-state index >= 15 is 0 Å². The highest BCUT2D eigenvalue weighted by molar-refractivity contribution is 14.0. The van der Waals surface area contributed by atoms with Gasteiger partial charge >= 0.3 is 0 Å². The van der Waals surface area contributed by atoms with Crippen LogP contribution in [0.3, 0.4) is 0 Å². The van der Waals surface area contributed by atoms with Gasteiger partial charge < -0.3 is 20.1 Å². The zero-order valence-corrected chi connectivity index (χ0v) is 19.7. The van der Waals surface area contributed by atoms with Gasteiger partial charge in [-0.2, -0.15) is 0 Å². The molecular weight excluding hydrogens is 465 g/mol. The molecule has 0 saturated carbocycles. The number of aliphatic imine (C=N–C) groups is 1. The standard InChI is InChI=1S/C22H31N3O2.HI/c1-16-10-11-20(26-4)18(14-16)12-13-24-22(23-3)25-15-17(2)19-8-6-7-9-21(19)27-5;/h6-11,14,17H,12-13,15H2,1-5H3,(H2,23,24,25);1H. The fraction of sp³-hybridized carbons (Fsp3) is 0.409. The van der Waals surface area contributed by atoms with Crippen LogP contribution in [0.1, 0.15) is 29.5 Å². The number of halogens is 1. The van der Waals surface area contributed by atoms with Gasteiger partial charge in [0.1, 0.15) is 11.5 Å². The van der Waals surface area contributed by atoms with E-state index in [1.165, 1.54) is 16.7 Å². The molecular formula is C22H32IN3O2. The lowest BCUT2D eigenvalue weighted by atomic mass is 10.0. The third-order valence-electron chi connectivity index (χ3n) is 4.59. The first-order chi connectivity index (χ1) is 13.1. The fourth-order valence-electron chi connectivity index (χ4n) is 3.07. The number of benzene rings is 2. The van der Waals surface area contributed by atoms with Gasteiger partial charge in [0.05, 0.1) is 14.2 Å². The second-order valence-corrected chi connectivity index (χ2v) is 6.59.